The summed E-state index contributed by atoms with van der Waals surface area (Å²) in [5.74, 6) is -1.07. The molecule has 122 valence electrons. The standard InChI is InChI=1S/C21H21NO2/c1-15-7-9-16(10-8-15)11-12-19-20(21(23)24)18(13-14-22-19)17-5-3-2-4-6-17/h2-10,13-14,18,22H,11-12H2,1H3,(H,23,24). The van der Waals surface area contributed by atoms with Crippen LogP contribution in [-0.2, 0) is 11.2 Å². The van der Waals surface area contributed by atoms with Gasteiger partial charge >= 0.3 is 5.97 Å². The van der Waals surface area contributed by atoms with Gasteiger partial charge in [0, 0.05) is 11.6 Å². The van der Waals surface area contributed by atoms with Crippen LogP contribution in [0.1, 0.15) is 29.0 Å². The van der Waals surface area contributed by atoms with Crippen molar-refractivity contribution in [2.45, 2.75) is 25.7 Å². The number of dihydropyridines is 1. The average Bonchev–Trinajstić information content (AvgIpc) is 2.61. The van der Waals surface area contributed by atoms with Crippen LogP contribution in [0.5, 0.6) is 0 Å². The summed E-state index contributed by atoms with van der Waals surface area (Å²) in [5.41, 5.74) is 4.67. The molecule has 1 aliphatic rings. The third-order valence-corrected chi connectivity index (χ3v) is 4.36. The van der Waals surface area contributed by atoms with Crippen molar-refractivity contribution in [1.29, 1.82) is 0 Å². The van der Waals surface area contributed by atoms with Crippen LogP contribution in [0.2, 0.25) is 0 Å². The number of allylic oxidation sites excluding steroid dienone is 2. The van der Waals surface area contributed by atoms with Crippen molar-refractivity contribution >= 4 is 5.97 Å². The Bertz CT molecular complexity index is 773. The summed E-state index contributed by atoms with van der Waals surface area (Å²) in [5, 5.41) is 12.9. The van der Waals surface area contributed by atoms with E-state index in [1.54, 1.807) is 0 Å². The maximum Gasteiger partial charge on any atom is 0.334 e. The van der Waals surface area contributed by atoms with E-state index in [9.17, 15) is 9.90 Å². The molecule has 1 heterocycles. The lowest BCUT2D eigenvalue weighted by molar-refractivity contribution is -0.133. The molecule has 0 fully saturated rings. The third-order valence-electron chi connectivity index (χ3n) is 4.36. The highest BCUT2D eigenvalue weighted by molar-refractivity contribution is 5.90. The number of benzene rings is 2. The van der Waals surface area contributed by atoms with Crippen LogP contribution >= 0.6 is 0 Å². The molecule has 0 aliphatic carbocycles. The second-order valence-electron chi connectivity index (χ2n) is 6.07. The van der Waals surface area contributed by atoms with Gasteiger partial charge in [-0.3, -0.25) is 0 Å². The normalized spacial score (nSPS) is 16.8. The van der Waals surface area contributed by atoms with Gasteiger partial charge in [0.2, 0.25) is 0 Å². The first-order valence-electron chi connectivity index (χ1n) is 8.15. The number of carboxylic acid groups (broad SMARTS) is 1. The molecule has 3 heteroatoms. The number of rotatable bonds is 5. The summed E-state index contributed by atoms with van der Waals surface area (Å²) in [6, 6.07) is 18.1. The molecule has 0 saturated heterocycles. The second-order valence-corrected chi connectivity index (χ2v) is 6.07. The Kier molecular flexibility index (Phi) is 4.80. The largest absolute Gasteiger partial charge is 0.478 e. The molecule has 0 bridgehead atoms. The smallest absolute Gasteiger partial charge is 0.334 e. The first-order valence-corrected chi connectivity index (χ1v) is 8.15. The minimum Gasteiger partial charge on any atom is -0.478 e. The average molecular weight is 319 g/mol. The van der Waals surface area contributed by atoms with Crippen LogP contribution in [0.25, 0.3) is 0 Å². The fraction of sp³-hybridized carbons (Fsp3) is 0.190. The molecule has 24 heavy (non-hydrogen) atoms. The van der Waals surface area contributed by atoms with Crippen LogP contribution in [0, 0.1) is 6.92 Å². The Morgan fingerprint density at radius 2 is 1.75 bits per heavy atom. The Morgan fingerprint density at radius 1 is 1.04 bits per heavy atom. The minimum atomic E-state index is -0.861. The summed E-state index contributed by atoms with van der Waals surface area (Å²) in [6.45, 7) is 2.06. The molecule has 1 unspecified atom stereocenters. The Balaban J connectivity index is 1.85. The zero-order valence-electron chi connectivity index (χ0n) is 13.7. The molecule has 0 saturated carbocycles. The predicted molar refractivity (Wildman–Crippen MR) is 95.6 cm³/mol. The maximum atomic E-state index is 11.9. The first kappa shape index (κ1) is 16.1. The second kappa shape index (κ2) is 7.18. The summed E-state index contributed by atoms with van der Waals surface area (Å²) >= 11 is 0. The van der Waals surface area contributed by atoms with Crippen molar-refractivity contribution in [2.24, 2.45) is 0 Å². The fourth-order valence-electron chi connectivity index (χ4n) is 3.04. The number of hydrogen-bond acceptors (Lipinski definition) is 2. The number of carbonyl (C=O) groups is 1. The Hall–Kier alpha value is -2.81. The zero-order valence-corrected chi connectivity index (χ0v) is 13.7. The lowest BCUT2D eigenvalue weighted by atomic mass is 9.86. The lowest BCUT2D eigenvalue weighted by Gasteiger charge is -2.23. The van der Waals surface area contributed by atoms with Crippen LogP contribution < -0.4 is 5.32 Å². The van der Waals surface area contributed by atoms with Crippen molar-refractivity contribution < 1.29 is 9.90 Å². The van der Waals surface area contributed by atoms with Gasteiger partial charge in [0.15, 0.2) is 0 Å². The molecule has 2 aromatic rings. The molecule has 0 amide bonds. The third kappa shape index (κ3) is 3.57. The topological polar surface area (TPSA) is 49.3 Å². The highest BCUT2D eigenvalue weighted by atomic mass is 16.4. The van der Waals surface area contributed by atoms with Gasteiger partial charge in [-0.25, -0.2) is 4.79 Å². The molecular weight excluding hydrogens is 298 g/mol. The van der Waals surface area contributed by atoms with Gasteiger partial charge in [-0.2, -0.15) is 0 Å². The summed E-state index contributed by atoms with van der Waals surface area (Å²) in [4.78, 5) is 11.9. The maximum absolute atomic E-state index is 11.9. The van der Waals surface area contributed by atoms with Crippen molar-refractivity contribution in [1.82, 2.24) is 5.32 Å². The molecule has 2 aromatic carbocycles. The van der Waals surface area contributed by atoms with Gasteiger partial charge in [0.25, 0.3) is 0 Å². The Morgan fingerprint density at radius 3 is 2.42 bits per heavy atom. The molecule has 3 nitrogen and oxygen atoms in total. The van der Waals surface area contributed by atoms with E-state index in [1.165, 1.54) is 11.1 Å². The van der Waals surface area contributed by atoms with E-state index in [0.717, 1.165) is 17.7 Å². The minimum absolute atomic E-state index is 0.210. The van der Waals surface area contributed by atoms with Crippen LogP contribution in [0.15, 0.2) is 78.1 Å². The van der Waals surface area contributed by atoms with Gasteiger partial charge in [-0.05, 0) is 37.1 Å². The summed E-state index contributed by atoms with van der Waals surface area (Å²) < 4.78 is 0. The molecule has 0 radical (unpaired) electrons. The van der Waals surface area contributed by atoms with Gasteiger partial charge in [0.05, 0.1) is 5.57 Å². The number of aryl methyl sites for hydroxylation is 2. The molecule has 1 aliphatic heterocycles. The van der Waals surface area contributed by atoms with Crippen molar-refractivity contribution in [3.05, 3.63) is 94.8 Å². The number of nitrogens with one attached hydrogen (secondary N) is 1. The highest BCUT2D eigenvalue weighted by Gasteiger charge is 2.26. The quantitative estimate of drug-likeness (QED) is 0.869. The van der Waals surface area contributed by atoms with Crippen molar-refractivity contribution in [2.75, 3.05) is 0 Å². The van der Waals surface area contributed by atoms with Crippen LogP contribution in [0.3, 0.4) is 0 Å². The summed E-state index contributed by atoms with van der Waals surface area (Å²) in [6.07, 6.45) is 5.26. The molecule has 0 spiro atoms. The number of carboxylic acids is 1. The van der Waals surface area contributed by atoms with Gasteiger partial charge in [0.1, 0.15) is 0 Å². The van der Waals surface area contributed by atoms with Gasteiger partial charge in [-0.1, -0.05) is 66.2 Å². The number of aliphatic carboxylic acids is 1. The predicted octanol–water partition coefficient (Wildman–Crippen LogP) is 4.17. The van der Waals surface area contributed by atoms with E-state index in [4.69, 9.17) is 0 Å². The van der Waals surface area contributed by atoms with Crippen LogP contribution in [0.4, 0.5) is 0 Å². The molecular formula is C21H21NO2. The lowest BCUT2D eigenvalue weighted by Crippen LogP contribution is -2.23. The monoisotopic (exact) mass is 319 g/mol. The van der Waals surface area contributed by atoms with E-state index in [-0.39, 0.29) is 5.92 Å². The van der Waals surface area contributed by atoms with E-state index >= 15 is 0 Å². The van der Waals surface area contributed by atoms with Gasteiger partial charge in [-0.15, -0.1) is 0 Å². The van der Waals surface area contributed by atoms with Crippen LogP contribution in [-0.4, -0.2) is 11.1 Å². The molecule has 1 atom stereocenters. The van der Waals surface area contributed by atoms with E-state index in [1.807, 2.05) is 42.6 Å². The van der Waals surface area contributed by atoms with Crippen molar-refractivity contribution in [3.63, 3.8) is 0 Å². The zero-order chi connectivity index (χ0) is 16.9. The molecule has 2 N–H and O–H groups in total. The highest BCUT2D eigenvalue weighted by Crippen LogP contribution is 2.31. The van der Waals surface area contributed by atoms with Crippen molar-refractivity contribution in [3.8, 4) is 0 Å². The molecule has 3 rings (SSSR count). The SMILES string of the molecule is Cc1ccc(CCC2=C(C(=O)O)C(c3ccccc3)C=CN2)cc1. The van der Waals surface area contributed by atoms with E-state index in [0.29, 0.717) is 12.0 Å². The summed E-state index contributed by atoms with van der Waals surface area (Å²) in [7, 11) is 0. The number of hydrogen-bond donors (Lipinski definition) is 2. The fourth-order valence-corrected chi connectivity index (χ4v) is 3.04. The first-order chi connectivity index (χ1) is 11.6. The van der Waals surface area contributed by atoms with E-state index < -0.39 is 5.97 Å². The molecule has 0 aromatic heterocycles. The van der Waals surface area contributed by atoms with Gasteiger partial charge < -0.3 is 10.4 Å². The Labute approximate surface area is 142 Å². The van der Waals surface area contributed by atoms with E-state index in [2.05, 4.69) is 36.5 Å².